The lowest BCUT2D eigenvalue weighted by Gasteiger charge is -2.36. The van der Waals surface area contributed by atoms with Gasteiger partial charge in [0.15, 0.2) is 9.84 Å². The van der Waals surface area contributed by atoms with Gasteiger partial charge in [-0.05, 0) is 62.9 Å². The minimum absolute atomic E-state index is 0.0527. The summed E-state index contributed by atoms with van der Waals surface area (Å²) in [6.07, 6.45) is 9.06. The van der Waals surface area contributed by atoms with E-state index in [-0.39, 0.29) is 17.2 Å². The fraction of sp³-hybridized carbons (Fsp3) is 0.708. The second kappa shape index (κ2) is 12.0. The van der Waals surface area contributed by atoms with E-state index in [1.165, 1.54) is 19.6 Å². The molecule has 1 unspecified atom stereocenters. The van der Waals surface area contributed by atoms with Crippen LogP contribution in [0.15, 0.2) is 24.3 Å². The molecule has 0 radical (unpaired) electrons. The van der Waals surface area contributed by atoms with Gasteiger partial charge in [0.1, 0.15) is 5.37 Å². The van der Waals surface area contributed by atoms with Crippen LogP contribution in [-0.2, 0) is 14.6 Å². The Morgan fingerprint density at radius 2 is 1.81 bits per heavy atom. The molecule has 0 spiro atoms. The minimum atomic E-state index is -3.06. The Labute approximate surface area is 193 Å². The smallest absolute Gasteiger partial charge is 0.221 e. The molecule has 1 atom stereocenters. The van der Waals surface area contributed by atoms with Gasteiger partial charge in [-0.3, -0.25) is 9.69 Å². The van der Waals surface area contributed by atoms with E-state index < -0.39 is 9.84 Å². The first kappa shape index (κ1) is 25.0. The summed E-state index contributed by atoms with van der Waals surface area (Å²) < 4.78 is 24.5. The summed E-state index contributed by atoms with van der Waals surface area (Å²) in [5.74, 6) is 0.221. The fourth-order valence-electron chi connectivity index (χ4n) is 5.02. The molecular formula is C24H40N4O3S. The number of unbranched alkanes of at least 4 members (excludes halogenated alkanes) is 1. The van der Waals surface area contributed by atoms with E-state index in [2.05, 4.69) is 26.5 Å². The number of nitrogens with one attached hydrogen (secondary N) is 2. The third kappa shape index (κ3) is 7.74. The average Bonchev–Trinajstić information content (AvgIpc) is 2.76. The van der Waals surface area contributed by atoms with Crippen molar-refractivity contribution in [1.82, 2.24) is 10.2 Å². The van der Waals surface area contributed by atoms with Gasteiger partial charge in [0.25, 0.3) is 0 Å². The Morgan fingerprint density at radius 1 is 1.09 bits per heavy atom. The van der Waals surface area contributed by atoms with Crippen molar-refractivity contribution in [3.8, 4) is 0 Å². The summed E-state index contributed by atoms with van der Waals surface area (Å²) in [5.41, 5.74) is 1.99. The maximum Gasteiger partial charge on any atom is 0.221 e. The number of rotatable bonds is 10. The Hall–Kier alpha value is -1.64. The van der Waals surface area contributed by atoms with E-state index in [4.69, 9.17) is 0 Å². The van der Waals surface area contributed by atoms with Gasteiger partial charge in [-0.25, -0.2) is 8.42 Å². The van der Waals surface area contributed by atoms with Crippen LogP contribution in [0.5, 0.6) is 0 Å². The highest BCUT2D eigenvalue weighted by atomic mass is 32.2. The molecular weight excluding hydrogens is 424 g/mol. The lowest BCUT2D eigenvalue weighted by molar-refractivity contribution is -0.114. The number of benzene rings is 1. The second-order valence-electron chi connectivity index (χ2n) is 9.37. The van der Waals surface area contributed by atoms with E-state index >= 15 is 0 Å². The zero-order valence-corrected chi connectivity index (χ0v) is 20.5. The van der Waals surface area contributed by atoms with E-state index in [0.717, 1.165) is 89.2 Å². The monoisotopic (exact) mass is 464 g/mol. The molecule has 1 heterocycles. The van der Waals surface area contributed by atoms with Crippen molar-refractivity contribution in [2.24, 2.45) is 5.92 Å². The molecule has 2 N–H and O–H groups in total. The zero-order chi connectivity index (χ0) is 23.0. The Bertz CT molecular complexity index is 831. The molecule has 1 saturated carbocycles. The van der Waals surface area contributed by atoms with Gasteiger partial charge in [0.05, 0.1) is 0 Å². The molecule has 180 valence electrons. The maximum absolute atomic E-state index is 12.3. The van der Waals surface area contributed by atoms with Crippen molar-refractivity contribution >= 4 is 27.1 Å². The van der Waals surface area contributed by atoms with Crippen molar-refractivity contribution in [1.29, 1.82) is 0 Å². The summed E-state index contributed by atoms with van der Waals surface area (Å²) >= 11 is 0. The first-order chi connectivity index (χ1) is 15.3. The largest absolute Gasteiger partial charge is 0.369 e. The van der Waals surface area contributed by atoms with Crippen LogP contribution in [0.3, 0.4) is 0 Å². The van der Waals surface area contributed by atoms with Gasteiger partial charge in [-0.2, -0.15) is 0 Å². The number of anilines is 2. The number of carbonyl (C=O) groups is 1. The average molecular weight is 465 g/mol. The Kier molecular flexibility index (Phi) is 9.37. The standard InChI is InChI=1S/C24H40N4O3S/c1-20(29)26-22-11-8-12-23(19-22)28-17-15-27(16-18-28)14-7-6-13-25-24(32(2,30)31)21-9-4-3-5-10-21/h8,11-12,19,21,24-25H,3-7,9-10,13-18H2,1-2H3,(H,26,29). The number of amides is 1. The van der Waals surface area contributed by atoms with Crippen molar-refractivity contribution in [3.63, 3.8) is 0 Å². The number of carbonyl (C=O) groups excluding carboxylic acids is 1. The molecule has 0 bridgehead atoms. The zero-order valence-electron chi connectivity index (χ0n) is 19.7. The van der Waals surface area contributed by atoms with Gasteiger partial charge in [-0.15, -0.1) is 0 Å². The first-order valence-electron chi connectivity index (χ1n) is 12.1. The van der Waals surface area contributed by atoms with Crippen molar-refractivity contribution in [2.75, 3.05) is 55.7 Å². The molecule has 1 amide bonds. The van der Waals surface area contributed by atoms with Gasteiger partial charge >= 0.3 is 0 Å². The van der Waals surface area contributed by atoms with Crippen LogP contribution in [-0.4, -0.2) is 70.1 Å². The number of nitrogens with zero attached hydrogens (tertiary/aromatic N) is 2. The molecule has 1 aromatic rings. The molecule has 2 aliphatic rings. The highest BCUT2D eigenvalue weighted by molar-refractivity contribution is 7.91. The molecule has 1 aliphatic heterocycles. The highest BCUT2D eigenvalue weighted by Gasteiger charge is 2.30. The Morgan fingerprint density at radius 3 is 2.47 bits per heavy atom. The van der Waals surface area contributed by atoms with Crippen molar-refractivity contribution in [2.45, 2.75) is 57.2 Å². The van der Waals surface area contributed by atoms with Crippen LogP contribution in [0.1, 0.15) is 51.9 Å². The van der Waals surface area contributed by atoms with Crippen LogP contribution in [0, 0.1) is 5.92 Å². The predicted molar refractivity (Wildman–Crippen MR) is 132 cm³/mol. The van der Waals surface area contributed by atoms with E-state index in [0.29, 0.717) is 0 Å². The molecule has 3 rings (SSSR count). The van der Waals surface area contributed by atoms with Gasteiger partial charge in [0.2, 0.25) is 5.91 Å². The summed E-state index contributed by atoms with van der Waals surface area (Å²) in [6.45, 7) is 7.33. The van der Waals surface area contributed by atoms with E-state index in [1.807, 2.05) is 18.2 Å². The molecule has 8 heteroatoms. The number of hydrogen-bond acceptors (Lipinski definition) is 6. The van der Waals surface area contributed by atoms with Crippen LogP contribution >= 0.6 is 0 Å². The van der Waals surface area contributed by atoms with Crippen LogP contribution < -0.4 is 15.5 Å². The summed E-state index contributed by atoms with van der Waals surface area (Å²) in [6, 6.07) is 8.03. The topological polar surface area (TPSA) is 81.8 Å². The summed E-state index contributed by atoms with van der Waals surface area (Å²) in [7, 11) is -3.06. The molecule has 1 saturated heterocycles. The summed E-state index contributed by atoms with van der Waals surface area (Å²) in [4.78, 5) is 16.1. The van der Waals surface area contributed by atoms with E-state index in [9.17, 15) is 13.2 Å². The second-order valence-corrected chi connectivity index (χ2v) is 11.5. The number of piperazine rings is 1. The normalized spacial score (nSPS) is 19.6. The maximum atomic E-state index is 12.3. The highest BCUT2D eigenvalue weighted by Crippen LogP contribution is 2.28. The lowest BCUT2D eigenvalue weighted by Crippen LogP contribution is -2.47. The van der Waals surface area contributed by atoms with Gasteiger partial charge < -0.3 is 15.5 Å². The quantitative estimate of drug-likeness (QED) is 0.518. The van der Waals surface area contributed by atoms with Crippen molar-refractivity contribution in [3.05, 3.63) is 24.3 Å². The molecule has 2 fully saturated rings. The van der Waals surface area contributed by atoms with Crippen molar-refractivity contribution < 1.29 is 13.2 Å². The lowest BCUT2D eigenvalue weighted by atomic mass is 9.89. The Balaban J connectivity index is 1.36. The molecule has 7 nitrogen and oxygen atoms in total. The molecule has 1 aromatic carbocycles. The van der Waals surface area contributed by atoms with Gasteiger partial charge in [0, 0.05) is 50.7 Å². The fourth-order valence-corrected chi connectivity index (χ4v) is 6.41. The summed E-state index contributed by atoms with van der Waals surface area (Å²) in [5, 5.41) is 5.85. The molecule has 1 aliphatic carbocycles. The third-order valence-electron chi connectivity index (χ3n) is 6.69. The predicted octanol–water partition coefficient (Wildman–Crippen LogP) is 3.09. The third-order valence-corrected chi connectivity index (χ3v) is 8.16. The number of hydrogen-bond donors (Lipinski definition) is 2. The SMILES string of the molecule is CC(=O)Nc1cccc(N2CCN(CCCCNC(C3CCCCC3)S(C)(=O)=O)CC2)c1. The molecule has 0 aromatic heterocycles. The van der Waals surface area contributed by atoms with E-state index in [1.54, 1.807) is 0 Å². The van der Waals surface area contributed by atoms with Crippen LogP contribution in [0.2, 0.25) is 0 Å². The van der Waals surface area contributed by atoms with Crippen LogP contribution in [0.4, 0.5) is 11.4 Å². The minimum Gasteiger partial charge on any atom is -0.369 e. The number of sulfone groups is 1. The molecule has 32 heavy (non-hydrogen) atoms. The van der Waals surface area contributed by atoms with Crippen LogP contribution in [0.25, 0.3) is 0 Å². The van der Waals surface area contributed by atoms with Gasteiger partial charge in [-0.1, -0.05) is 25.3 Å². The first-order valence-corrected chi connectivity index (χ1v) is 14.1.